The first-order valence-electron chi connectivity index (χ1n) is 8.33. The Morgan fingerprint density at radius 2 is 2.00 bits per heavy atom. The van der Waals surface area contributed by atoms with E-state index < -0.39 is 5.69 Å². The van der Waals surface area contributed by atoms with Crippen LogP contribution in [0.4, 0.5) is 5.69 Å². The zero-order chi connectivity index (χ0) is 19.1. The molecule has 0 aliphatic carbocycles. The molecule has 2 aromatic carbocycles. The number of carbonyl (C=O) groups excluding carboxylic acids is 1. The predicted octanol–water partition coefficient (Wildman–Crippen LogP) is 2.95. The van der Waals surface area contributed by atoms with Gasteiger partial charge in [0.05, 0.1) is 5.52 Å². The van der Waals surface area contributed by atoms with Crippen molar-refractivity contribution in [1.82, 2.24) is 19.2 Å². The van der Waals surface area contributed by atoms with Gasteiger partial charge < -0.3 is 5.32 Å². The lowest BCUT2D eigenvalue weighted by atomic mass is 10.2. The first kappa shape index (κ1) is 17.2. The molecule has 0 spiro atoms. The molecule has 136 valence electrons. The number of aryl methyl sites for hydroxylation is 2. The van der Waals surface area contributed by atoms with Gasteiger partial charge in [0.25, 0.3) is 0 Å². The maximum atomic E-state index is 12.6. The largest absolute Gasteiger partial charge is 0.352 e. The third kappa shape index (κ3) is 3.17. The summed E-state index contributed by atoms with van der Waals surface area (Å²) < 4.78 is 2.48. The molecule has 27 heavy (non-hydrogen) atoms. The molecular weight excluding hydrogens is 366 g/mol. The number of aromatic nitrogens is 4. The molecular formula is C19H16ClN5O2. The zero-order valence-electron chi connectivity index (χ0n) is 14.7. The summed E-state index contributed by atoms with van der Waals surface area (Å²) in [5, 5.41) is 8.40. The van der Waals surface area contributed by atoms with Crippen LogP contribution in [0.25, 0.3) is 16.6 Å². The molecule has 1 N–H and O–H groups in total. The molecule has 8 heteroatoms. The molecule has 2 aromatic heterocycles. The second-order valence-electron chi connectivity index (χ2n) is 6.41. The molecule has 0 bridgehead atoms. The van der Waals surface area contributed by atoms with Crippen molar-refractivity contribution in [3.8, 4) is 0 Å². The summed E-state index contributed by atoms with van der Waals surface area (Å²) in [6.45, 7) is 3.61. The minimum atomic E-state index is -0.418. The highest BCUT2D eigenvalue weighted by atomic mass is 35.5. The van der Waals surface area contributed by atoms with Crippen LogP contribution in [-0.2, 0) is 11.3 Å². The van der Waals surface area contributed by atoms with Gasteiger partial charge in [-0.15, -0.1) is 5.10 Å². The van der Waals surface area contributed by atoms with E-state index in [9.17, 15) is 9.59 Å². The van der Waals surface area contributed by atoms with E-state index in [1.54, 1.807) is 12.1 Å². The second kappa shape index (κ2) is 6.51. The Kier molecular flexibility index (Phi) is 4.16. The fraction of sp³-hybridized carbons (Fsp3) is 0.158. The maximum absolute atomic E-state index is 12.6. The summed E-state index contributed by atoms with van der Waals surface area (Å²) in [6, 6.07) is 11.0. The molecule has 4 rings (SSSR count). The molecule has 0 aliphatic rings. The molecule has 1 amide bonds. The number of amides is 1. The smallest absolute Gasteiger partial charge is 0.324 e. The van der Waals surface area contributed by atoms with Crippen molar-refractivity contribution in [3.63, 3.8) is 0 Å². The summed E-state index contributed by atoms with van der Waals surface area (Å²) in [5.41, 5.74) is 3.31. The van der Waals surface area contributed by atoms with Gasteiger partial charge in [0.2, 0.25) is 5.91 Å². The average Bonchev–Trinajstić information content (AvgIpc) is 2.94. The number of benzene rings is 2. The molecule has 2 heterocycles. The van der Waals surface area contributed by atoms with Crippen LogP contribution in [0.15, 0.2) is 47.5 Å². The lowest BCUT2D eigenvalue weighted by Gasteiger charge is -2.08. The molecule has 0 fully saturated rings. The number of carbonyl (C=O) groups is 1. The number of hydrogen-bond donors (Lipinski definition) is 1. The molecule has 0 saturated heterocycles. The SMILES string of the molecule is Cc1ccc2ncn3c(=O)n(CC(=O)Nc4cc(Cl)ccc4C)nc3c2c1. The summed E-state index contributed by atoms with van der Waals surface area (Å²) >= 11 is 5.98. The number of fused-ring (bicyclic) bond motifs is 3. The van der Waals surface area contributed by atoms with Gasteiger partial charge in [0, 0.05) is 16.1 Å². The van der Waals surface area contributed by atoms with Gasteiger partial charge in [-0.05, 0) is 43.7 Å². The van der Waals surface area contributed by atoms with E-state index in [0.717, 1.165) is 26.7 Å². The van der Waals surface area contributed by atoms with Gasteiger partial charge in [-0.2, -0.15) is 0 Å². The molecule has 4 aromatic rings. The number of nitrogens with zero attached hydrogens (tertiary/aromatic N) is 4. The lowest BCUT2D eigenvalue weighted by molar-refractivity contribution is -0.117. The summed E-state index contributed by atoms with van der Waals surface area (Å²) in [6.07, 6.45) is 1.43. The van der Waals surface area contributed by atoms with Crippen molar-refractivity contribution < 1.29 is 4.79 Å². The summed E-state index contributed by atoms with van der Waals surface area (Å²) in [5.74, 6) is -0.362. The van der Waals surface area contributed by atoms with E-state index in [2.05, 4.69) is 15.4 Å². The fourth-order valence-electron chi connectivity index (χ4n) is 2.93. The van der Waals surface area contributed by atoms with Crippen molar-refractivity contribution >= 4 is 39.7 Å². The van der Waals surface area contributed by atoms with E-state index >= 15 is 0 Å². The van der Waals surface area contributed by atoms with Gasteiger partial charge in [-0.3, -0.25) is 4.79 Å². The highest BCUT2D eigenvalue weighted by molar-refractivity contribution is 6.31. The van der Waals surface area contributed by atoms with Gasteiger partial charge in [-0.1, -0.05) is 29.3 Å². The summed E-state index contributed by atoms with van der Waals surface area (Å²) in [4.78, 5) is 29.3. The first-order chi connectivity index (χ1) is 12.9. The Bertz CT molecular complexity index is 1260. The standard InChI is InChI=1S/C19H16ClN5O2/c1-11-3-6-15-14(7-11)18-23-25(19(27)24(18)10-21-15)9-17(26)22-16-8-13(20)5-4-12(16)2/h3-8,10H,9H2,1-2H3,(H,22,26). The van der Waals surface area contributed by atoms with Crippen molar-refractivity contribution in [3.05, 3.63) is 69.4 Å². The molecule has 0 atom stereocenters. The van der Waals surface area contributed by atoms with Crippen LogP contribution in [0.3, 0.4) is 0 Å². The Balaban J connectivity index is 1.69. The highest BCUT2D eigenvalue weighted by Gasteiger charge is 2.14. The fourth-order valence-corrected chi connectivity index (χ4v) is 3.10. The maximum Gasteiger partial charge on any atom is 0.352 e. The van der Waals surface area contributed by atoms with Crippen LogP contribution in [0.1, 0.15) is 11.1 Å². The van der Waals surface area contributed by atoms with Crippen LogP contribution >= 0.6 is 11.6 Å². The van der Waals surface area contributed by atoms with Crippen molar-refractivity contribution in [1.29, 1.82) is 0 Å². The van der Waals surface area contributed by atoms with E-state index in [4.69, 9.17) is 11.6 Å². The van der Waals surface area contributed by atoms with E-state index in [0.29, 0.717) is 16.4 Å². The van der Waals surface area contributed by atoms with Gasteiger partial charge in [0.15, 0.2) is 5.65 Å². The molecule has 0 radical (unpaired) electrons. The number of halogens is 1. The lowest BCUT2D eigenvalue weighted by Crippen LogP contribution is -2.28. The van der Waals surface area contributed by atoms with Crippen LogP contribution < -0.4 is 11.0 Å². The van der Waals surface area contributed by atoms with Gasteiger partial charge in [-0.25, -0.2) is 18.9 Å². The first-order valence-corrected chi connectivity index (χ1v) is 8.71. The molecule has 7 nitrogen and oxygen atoms in total. The van der Waals surface area contributed by atoms with Crippen LogP contribution in [-0.4, -0.2) is 25.1 Å². The Morgan fingerprint density at radius 3 is 2.81 bits per heavy atom. The third-order valence-electron chi connectivity index (χ3n) is 4.34. The minimum Gasteiger partial charge on any atom is -0.324 e. The second-order valence-corrected chi connectivity index (χ2v) is 6.84. The van der Waals surface area contributed by atoms with E-state index in [-0.39, 0.29) is 12.5 Å². The van der Waals surface area contributed by atoms with E-state index in [1.807, 2.05) is 38.1 Å². The van der Waals surface area contributed by atoms with E-state index in [1.165, 1.54) is 10.7 Å². The van der Waals surface area contributed by atoms with Crippen LogP contribution in [0, 0.1) is 13.8 Å². The quantitative estimate of drug-likeness (QED) is 0.591. The monoisotopic (exact) mass is 381 g/mol. The molecule has 0 aliphatic heterocycles. The number of nitrogens with one attached hydrogen (secondary N) is 1. The molecule has 0 unspecified atom stereocenters. The topological polar surface area (TPSA) is 81.3 Å². The third-order valence-corrected chi connectivity index (χ3v) is 4.58. The van der Waals surface area contributed by atoms with Crippen molar-refractivity contribution in [2.45, 2.75) is 20.4 Å². The zero-order valence-corrected chi connectivity index (χ0v) is 15.5. The Labute approximate surface area is 159 Å². The Morgan fingerprint density at radius 1 is 1.19 bits per heavy atom. The van der Waals surface area contributed by atoms with Crippen LogP contribution in [0.2, 0.25) is 5.02 Å². The highest BCUT2D eigenvalue weighted by Crippen LogP contribution is 2.20. The number of hydrogen-bond acceptors (Lipinski definition) is 4. The Hall–Kier alpha value is -3.19. The predicted molar refractivity (Wildman–Crippen MR) is 104 cm³/mol. The van der Waals surface area contributed by atoms with Gasteiger partial charge in [0.1, 0.15) is 12.9 Å². The number of rotatable bonds is 3. The number of anilines is 1. The van der Waals surface area contributed by atoms with Crippen molar-refractivity contribution in [2.24, 2.45) is 0 Å². The normalized spacial score (nSPS) is 11.2. The van der Waals surface area contributed by atoms with Crippen molar-refractivity contribution in [2.75, 3.05) is 5.32 Å². The summed E-state index contributed by atoms with van der Waals surface area (Å²) in [7, 11) is 0. The van der Waals surface area contributed by atoms with Gasteiger partial charge >= 0.3 is 5.69 Å². The van der Waals surface area contributed by atoms with Crippen LogP contribution in [0.5, 0.6) is 0 Å². The minimum absolute atomic E-state index is 0.209. The average molecular weight is 382 g/mol. The molecule has 0 saturated carbocycles.